The molecule has 2 aromatic rings. The molecule has 0 saturated heterocycles. The topological polar surface area (TPSA) is 82.3 Å². The Morgan fingerprint density at radius 2 is 1.94 bits per heavy atom. The molecule has 0 aliphatic heterocycles. The third-order valence-corrected chi connectivity index (χ3v) is 3.12. The van der Waals surface area contributed by atoms with Gasteiger partial charge in [0.1, 0.15) is 10.7 Å². The van der Waals surface area contributed by atoms with Crippen LogP contribution in [0.2, 0.25) is 0 Å². The van der Waals surface area contributed by atoms with Gasteiger partial charge in [0.25, 0.3) is 0 Å². The van der Waals surface area contributed by atoms with Crippen LogP contribution in [0.3, 0.4) is 0 Å². The molecule has 5 nitrogen and oxygen atoms in total. The smallest absolute Gasteiger partial charge is 0.405 e. The molecular formula is C11H10N2O3S. The fourth-order valence-electron chi connectivity index (χ4n) is 1.26. The number of hydrogen-bond donors (Lipinski definition) is 1. The Morgan fingerprint density at radius 3 is 2.53 bits per heavy atom. The van der Waals surface area contributed by atoms with Crippen LogP contribution in [0.4, 0.5) is 11.6 Å². The summed E-state index contributed by atoms with van der Waals surface area (Å²) >= 11 is 1.54. The number of nitro groups is 1. The van der Waals surface area contributed by atoms with Gasteiger partial charge in [-0.25, -0.2) is 0 Å². The fourth-order valence-corrected chi connectivity index (χ4v) is 2.05. The van der Waals surface area contributed by atoms with Crippen LogP contribution in [0.25, 0.3) is 0 Å². The van der Waals surface area contributed by atoms with Crippen molar-refractivity contribution in [1.29, 1.82) is 0 Å². The number of furan rings is 1. The standard InChI is InChI=1S/C11H10N2O3S/c12-8-1-4-10(5-2-8)17-7-9-3-6-11(16-9)13(14)15/h1-6H,7,12H2. The second kappa shape index (κ2) is 4.92. The van der Waals surface area contributed by atoms with E-state index in [4.69, 9.17) is 10.2 Å². The monoisotopic (exact) mass is 250 g/mol. The second-order valence-corrected chi connectivity index (χ2v) is 4.40. The van der Waals surface area contributed by atoms with E-state index in [1.807, 2.05) is 24.3 Å². The SMILES string of the molecule is Nc1ccc(SCc2ccc([N+](=O)[O-])o2)cc1. The van der Waals surface area contributed by atoms with Crippen molar-refractivity contribution < 1.29 is 9.34 Å². The number of nitrogens with zero attached hydrogens (tertiary/aromatic N) is 1. The largest absolute Gasteiger partial charge is 0.433 e. The van der Waals surface area contributed by atoms with E-state index < -0.39 is 4.92 Å². The van der Waals surface area contributed by atoms with Gasteiger partial charge in [-0.05, 0) is 30.3 Å². The van der Waals surface area contributed by atoms with Gasteiger partial charge < -0.3 is 10.2 Å². The second-order valence-electron chi connectivity index (χ2n) is 3.35. The highest BCUT2D eigenvalue weighted by molar-refractivity contribution is 7.98. The minimum absolute atomic E-state index is 0.224. The van der Waals surface area contributed by atoms with Crippen LogP contribution in [-0.2, 0) is 5.75 Å². The molecule has 0 spiro atoms. The van der Waals surface area contributed by atoms with E-state index in [1.54, 1.807) is 6.07 Å². The first kappa shape index (κ1) is 11.5. The van der Waals surface area contributed by atoms with Crippen LogP contribution in [-0.4, -0.2) is 4.92 Å². The molecule has 0 aliphatic carbocycles. The lowest BCUT2D eigenvalue weighted by atomic mass is 10.3. The molecule has 0 fully saturated rings. The lowest BCUT2D eigenvalue weighted by molar-refractivity contribution is -0.402. The molecule has 88 valence electrons. The fraction of sp³-hybridized carbons (Fsp3) is 0.0909. The van der Waals surface area contributed by atoms with E-state index >= 15 is 0 Å². The lowest BCUT2D eigenvalue weighted by Crippen LogP contribution is -1.84. The van der Waals surface area contributed by atoms with Gasteiger partial charge in [0, 0.05) is 10.6 Å². The Kier molecular flexibility index (Phi) is 3.34. The van der Waals surface area contributed by atoms with Crippen LogP contribution in [0.15, 0.2) is 45.7 Å². The summed E-state index contributed by atoms with van der Waals surface area (Å²) in [5, 5.41) is 10.4. The molecule has 0 bridgehead atoms. The van der Waals surface area contributed by atoms with E-state index in [9.17, 15) is 10.1 Å². The summed E-state index contributed by atoms with van der Waals surface area (Å²) in [5.74, 6) is 0.911. The highest BCUT2D eigenvalue weighted by atomic mass is 32.2. The summed E-state index contributed by atoms with van der Waals surface area (Å²) < 4.78 is 5.05. The highest BCUT2D eigenvalue weighted by Gasteiger charge is 2.11. The Bertz CT molecular complexity index is 522. The van der Waals surface area contributed by atoms with Crippen molar-refractivity contribution in [3.8, 4) is 0 Å². The number of nitrogen functional groups attached to an aromatic ring is 1. The molecular weight excluding hydrogens is 240 g/mol. The molecule has 0 radical (unpaired) electrons. The number of benzene rings is 1. The average molecular weight is 250 g/mol. The summed E-state index contributed by atoms with van der Waals surface area (Å²) in [6.45, 7) is 0. The molecule has 2 N–H and O–H groups in total. The predicted octanol–water partition coefficient (Wildman–Crippen LogP) is 3.06. The van der Waals surface area contributed by atoms with Gasteiger partial charge in [0.15, 0.2) is 0 Å². The first-order valence-electron chi connectivity index (χ1n) is 4.86. The molecule has 1 heterocycles. The van der Waals surface area contributed by atoms with E-state index in [0.717, 1.165) is 4.90 Å². The van der Waals surface area contributed by atoms with Crippen LogP contribution in [0, 0.1) is 10.1 Å². The third kappa shape index (κ3) is 3.01. The van der Waals surface area contributed by atoms with Gasteiger partial charge in [0.2, 0.25) is 0 Å². The Hall–Kier alpha value is -1.95. The first-order chi connectivity index (χ1) is 8.15. The van der Waals surface area contributed by atoms with E-state index in [-0.39, 0.29) is 5.88 Å². The normalized spacial score (nSPS) is 10.4. The Labute approximate surface area is 102 Å². The Morgan fingerprint density at radius 1 is 1.24 bits per heavy atom. The molecule has 0 saturated carbocycles. The zero-order valence-electron chi connectivity index (χ0n) is 8.83. The van der Waals surface area contributed by atoms with Crippen LogP contribution in [0.1, 0.15) is 5.76 Å². The molecule has 0 amide bonds. The molecule has 0 unspecified atom stereocenters. The summed E-state index contributed by atoms with van der Waals surface area (Å²) in [5.41, 5.74) is 6.28. The van der Waals surface area contributed by atoms with E-state index in [0.29, 0.717) is 17.2 Å². The highest BCUT2D eigenvalue weighted by Crippen LogP contribution is 2.26. The molecule has 1 aromatic carbocycles. The van der Waals surface area contributed by atoms with Crippen molar-refractivity contribution in [2.75, 3.05) is 5.73 Å². The number of rotatable bonds is 4. The van der Waals surface area contributed by atoms with Crippen molar-refractivity contribution in [2.45, 2.75) is 10.6 Å². The van der Waals surface area contributed by atoms with Gasteiger partial charge >= 0.3 is 5.88 Å². The van der Waals surface area contributed by atoms with Crippen LogP contribution < -0.4 is 5.73 Å². The quantitative estimate of drug-likeness (QED) is 0.390. The van der Waals surface area contributed by atoms with Gasteiger partial charge in [-0.1, -0.05) is 0 Å². The first-order valence-corrected chi connectivity index (χ1v) is 5.85. The minimum Gasteiger partial charge on any atom is -0.405 e. The van der Waals surface area contributed by atoms with Crippen molar-refractivity contribution in [2.24, 2.45) is 0 Å². The van der Waals surface area contributed by atoms with Crippen molar-refractivity contribution in [1.82, 2.24) is 0 Å². The number of thioether (sulfide) groups is 1. The Balaban J connectivity index is 1.97. The zero-order chi connectivity index (χ0) is 12.3. The van der Waals surface area contributed by atoms with E-state index in [2.05, 4.69) is 0 Å². The third-order valence-electron chi connectivity index (χ3n) is 2.09. The number of hydrogen-bond acceptors (Lipinski definition) is 5. The summed E-state index contributed by atoms with van der Waals surface area (Å²) in [6.07, 6.45) is 0. The number of anilines is 1. The lowest BCUT2D eigenvalue weighted by Gasteiger charge is -1.99. The van der Waals surface area contributed by atoms with Gasteiger partial charge in [0.05, 0.1) is 11.8 Å². The predicted molar refractivity (Wildman–Crippen MR) is 65.8 cm³/mol. The molecule has 17 heavy (non-hydrogen) atoms. The van der Waals surface area contributed by atoms with Crippen molar-refractivity contribution in [3.63, 3.8) is 0 Å². The van der Waals surface area contributed by atoms with Crippen molar-refractivity contribution in [3.05, 3.63) is 52.3 Å². The summed E-state index contributed by atoms with van der Waals surface area (Å²) in [4.78, 5) is 10.9. The molecule has 6 heteroatoms. The maximum Gasteiger partial charge on any atom is 0.433 e. The molecule has 0 aliphatic rings. The van der Waals surface area contributed by atoms with Gasteiger partial charge in [-0.15, -0.1) is 11.8 Å². The zero-order valence-corrected chi connectivity index (χ0v) is 9.65. The molecule has 2 rings (SSSR count). The van der Waals surface area contributed by atoms with Crippen molar-refractivity contribution >= 4 is 23.3 Å². The average Bonchev–Trinajstić information content (AvgIpc) is 2.77. The summed E-state index contributed by atoms with van der Waals surface area (Å²) in [7, 11) is 0. The molecule has 1 aromatic heterocycles. The van der Waals surface area contributed by atoms with Crippen LogP contribution >= 0.6 is 11.8 Å². The maximum atomic E-state index is 10.4. The summed E-state index contributed by atoms with van der Waals surface area (Å²) in [6, 6.07) is 10.4. The van der Waals surface area contributed by atoms with Gasteiger partial charge in [-0.2, -0.15) is 0 Å². The van der Waals surface area contributed by atoms with Crippen LogP contribution in [0.5, 0.6) is 0 Å². The van der Waals surface area contributed by atoms with Gasteiger partial charge in [-0.3, -0.25) is 10.1 Å². The number of nitrogens with two attached hydrogens (primary N) is 1. The van der Waals surface area contributed by atoms with E-state index in [1.165, 1.54) is 17.8 Å². The maximum absolute atomic E-state index is 10.4. The molecule has 0 atom stereocenters. The minimum atomic E-state index is -0.544.